The Balaban J connectivity index is 1.56. The molecule has 0 bridgehead atoms. The number of aliphatic hydroxyl groups excluding tert-OH is 1. The minimum atomic E-state index is -0.776. The highest BCUT2D eigenvalue weighted by Crippen LogP contribution is 2.41. The van der Waals surface area contributed by atoms with Gasteiger partial charge < -0.3 is 14.7 Å². The lowest BCUT2D eigenvalue weighted by molar-refractivity contribution is -0.130. The summed E-state index contributed by atoms with van der Waals surface area (Å²) in [5.74, 6) is -0.256. The Morgan fingerprint density at radius 2 is 1.82 bits per heavy atom. The van der Waals surface area contributed by atoms with Gasteiger partial charge in [-0.1, -0.05) is 42.5 Å². The minimum absolute atomic E-state index is 0.0631. The molecule has 1 amide bonds. The molecule has 0 saturated heterocycles. The first kappa shape index (κ1) is 21.6. The number of aliphatic hydroxyl groups is 1. The van der Waals surface area contributed by atoms with Crippen LogP contribution in [-0.2, 0) is 11.3 Å². The average molecular weight is 469 g/mol. The van der Waals surface area contributed by atoms with Gasteiger partial charge in [0.1, 0.15) is 11.5 Å². The molecule has 1 aliphatic heterocycles. The predicted octanol–water partition coefficient (Wildman–Crippen LogP) is 5.71. The van der Waals surface area contributed by atoms with Crippen LogP contribution in [0.4, 0.5) is 0 Å². The van der Waals surface area contributed by atoms with Crippen molar-refractivity contribution in [3.63, 3.8) is 0 Å². The first-order valence-corrected chi connectivity index (χ1v) is 11.5. The largest absolute Gasteiger partial charge is 0.503 e. The van der Waals surface area contributed by atoms with Gasteiger partial charge in [-0.25, -0.2) is 0 Å². The quantitative estimate of drug-likeness (QED) is 0.351. The Bertz CT molecular complexity index is 1350. The summed E-state index contributed by atoms with van der Waals surface area (Å²) in [4.78, 5) is 32.6. The number of Topliss-reactive ketones (excluding diaryl/α,β-unsaturated/α-hetero) is 1. The molecule has 2 aromatic carbocycles. The van der Waals surface area contributed by atoms with Gasteiger partial charge in [0.05, 0.1) is 16.5 Å². The number of pyridine rings is 1. The monoisotopic (exact) mass is 468 g/mol. The van der Waals surface area contributed by atoms with E-state index in [0.717, 1.165) is 5.56 Å². The van der Waals surface area contributed by atoms with E-state index in [1.54, 1.807) is 42.0 Å². The molecule has 0 aliphatic carbocycles. The Kier molecular flexibility index (Phi) is 5.93. The van der Waals surface area contributed by atoms with Crippen molar-refractivity contribution in [2.45, 2.75) is 12.6 Å². The summed E-state index contributed by atoms with van der Waals surface area (Å²) in [6.45, 7) is 0.187. The molecule has 1 N–H and O–H groups in total. The van der Waals surface area contributed by atoms with Gasteiger partial charge in [-0.15, -0.1) is 11.3 Å². The van der Waals surface area contributed by atoms with Crippen LogP contribution in [0, 0.1) is 0 Å². The third-order valence-corrected chi connectivity index (χ3v) is 6.39. The second kappa shape index (κ2) is 9.33. The molecule has 0 saturated carbocycles. The molecule has 2 aromatic heterocycles. The van der Waals surface area contributed by atoms with E-state index in [2.05, 4.69) is 4.98 Å². The molecular formula is C27H20N2O4S. The Morgan fingerprint density at radius 3 is 2.56 bits per heavy atom. The molecule has 0 radical (unpaired) electrons. The molecule has 0 fully saturated rings. The lowest BCUT2D eigenvalue weighted by Gasteiger charge is -2.27. The van der Waals surface area contributed by atoms with Crippen molar-refractivity contribution < 1.29 is 19.4 Å². The topological polar surface area (TPSA) is 79.7 Å². The molecule has 1 aliphatic rings. The molecule has 34 heavy (non-hydrogen) atoms. The van der Waals surface area contributed by atoms with Crippen LogP contribution in [0.5, 0.6) is 11.5 Å². The SMILES string of the molecule is O=C(C1=C(O)C(=O)N(Cc2cccnc2)C1c1cccc(Oc2ccccc2)c1)c1cccs1. The Labute approximate surface area is 200 Å². The summed E-state index contributed by atoms with van der Waals surface area (Å²) in [6.07, 6.45) is 3.31. The van der Waals surface area contributed by atoms with Gasteiger partial charge in [-0.05, 0) is 52.9 Å². The minimum Gasteiger partial charge on any atom is -0.503 e. The van der Waals surface area contributed by atoms with E-state index in [-0.39, 0.29) is 17.9 Å². The summed E-state index contributed by atoms with van der Waals surface area (Å²) in [5.41, 5.74) is 1.51. The lowest BCUT2D eigenvalue weighted by Crippen LogP contribution is -2.30. The van der Waals surface area contributed by atoms with Crippen molar-refractivity contribution in [3.05, 3.63) is 124 Å². The second-order valence-electron chi connectivity index (χ2n) is 7.75. The van der Waals surface area contributed by atoms with Gasteiger partial charge in [0.25, 0.3) is 5.91 Å². The van der Waals surface area contributed by atoms with Crippen LogP contribution in [0.3, 0.4) is 0 Å². The molecule has 3 heterocycles. The van der Waals surface area contributed by atoms with Crippen LogP contribution < -0.4 is 4.74 Å². The first-order chi connectivity index (χ1) is 16.6. The van der Waals surface area contributed by atoms with Crippen molar-refractivity contribution in [1.29, 1.82) is 0 Å². The van der Waals surface area contributed by atoms with E-state index in [1.807, 2.05) is 54.6 Å². The highest BCUT2D eigenvalue weighted by atomic mass is 32.1. The third-order valence-electron chi connectivity index (χ3n) is 5.52. The van der Waals surface area contributed by atoms with Crippen molar-refractivity contribution in [3.8, 4) is 11.5 Å². The first-order valence-electron chi connectivity index (χ1n) is 10.7. The summed E-state index contributed by atoms with van der Waals surface area (Å²) < 4.78 is 5.98. The standard InChI is InChI=1S/C27H20N2O4S/c30-25(22-12-6-14-34-22)23-24(29(27(32)26(23)31)17-18-7-5-13-28-16-18)19-8-4-11-21(15-19)33-20-9-2-1-3-10-20/h1-16,24,31H,17H2. The summed E-state index contributed by atoms with van der Waals surface area (Å²) in [7, 11) is 0. The van der Waals surface area contributed by atoms with Gasteiger partial charge in [-0.3, -0.25) is 14.6 Å². The number of aromatic nitrogens is 1. The number of nitrogens with zero attached hydrogens (tertiary/aromatic N) is 2. The molecule has 7 heteroatoms. The smallest absolute Gasteiger partial charge is 0.290 e. The average Bonchev–Trinajstić information content (AvgIpc) is 3.49. The van der Waals surface area contributed by atoms with E-state index in [4.69, 9.17) is 4.74 Å². The number of benzene rings is 2. The van der Waals surface area contributed by atoms with E-state index in [0.29, 0.717) is 21.9 Å². The fourth-order valence-corrected chi connectivity index (χ4v) is 4.67. The maximum Gasteiger partial charge on any atom is 0.290 e. The molecule has 1 atom stereocenters. The van der Waals surface area contributed by atoms with Crippen LogP contribution in [0.1, 0.15) is 26.8 Å². The second-order valence-corrected chi connectivity index (χ2v) is 8.70. The zero-order chi connectivity index (χ0) is 23.5. The fraction of sp³-hybridized carbons (Fsp3) is 0.0741. The van der Waals surface area contributed by atoms with E-state index in [1.165, 1.54) is 16.2 Å². The lowest BCUT2D eigenvalue weighted by atomic mass is 9.95. The molecule has 0 spiro atoms. The zero-order valence-electron chi connectivity index (χ0n) is 18.0. The number of rotatable bonds is 7. The van der Waals surface area contributed by atoms with Gasteiger partial charge in [0.15, 0.2) is 5.76 Å². The Morgan fingerprint density at radius 1 is 1.00 bits per heavy atom. The highest BCUT2D eigenvalue weighted by Gasteiger charge is 2.44. The summed E-state index contributed by atoms with van der Waals surface area (Å²) in [5, 5.41) is 12.6. The maximum atomic E-state index is 13.4. The van der Waals surface area contributed by atoms with E-state index >= 15 is 0 Å². The number of ketones is 1. The van der Waals surface area contributed by atoms with Gasteiger partial charge in [0, 0.05) is 18.9 Å². The van der Waals surface area contributed by atoms with Crippen LogP contribution >= 0.6 is 11.3 Å². The highest BCUT2D eigenvalue weighted by molar-refractivity contribution is 7.12. The van der Waals surface area contributed by atoms with Crippen LogP contribution in [0.25, 0.3) is 0 Å². The molecule has 5 rings (SSSR count). The zero-order valence-corrected chi connectivity index (χ0v) is 18.8. The normalized spacial score (nSPS) is 15.6. The number of amides is 1. The van der Waals surface area contributed by atoms with Gasteiger partial charge in [0.2, 0.25) is 5.78 Å². The number of hydrogen-bond donors (Lipinski definition) is 1. The van der Waals surface area contributed by atoms with Gasteiger partial charge >= 0.3 is 0 Å². The van der Waals surface area contributed by atoms with Crippen LogP contribution in [0.2, 0.25) is 0 Å². The number of hydrogen-bond acceptors (Lipinski definition) is 6. The van der Waals surface area contributed by atoms with Crippen molar-refractivity contribution in [2.24, 2.45) is 0 Å². The van der Waals surface area contributed by atoms with E-state index in [9.17, 15) is 14.7 Å². The summed E-state index contributed by atoms with van der Waals surface area (Å²) >= 11 is 1.27. The molecule has 6 nitrogen and oxygen atoms in total. The van der Waals surface area contributed by atoms with Crippen molar-refractivity contribution in [2.75, 3.05) is 0 Å². The number of carbonyl (C=O) groups excluding carboxylic acids is 2. The number of carbonyl (C=O) groups is 2. The fourth-order valence-electron chi connectivity index (χ4n) is 4.00. The molecule has 168 valence electrons. The van der Waals surface area contributed by atoms with Crippen LogP contribution in [-0.4, -0.2) is 26.7 Å². The summed E-state index contributed by atoms with van der Waals surface area (Å²) in [6, 6.07) is 22.9. The number of para-hydroxylation sites is 1. The van der Waals surface area contributed by atoms with E-state index < -0.39 is 17.7 Å². The van der Waals surface area contributed by atoms with Crippen molar-refractivity contribution >= 4 is 23.0 Å². The third kappa shape index (κ3) is 4.21. The number of ether oxygens (including phenoxy) is 1. The van der Waals surface area contributed by atoms with Crippen molar-refractivity contribution in [1.82, 2.24) is 9.88 Å². The molecule has 1 unspecified atom stereocenters. The van der Waals surface area contributed by atoms with Crippen LogP contribution in [0.15, 0.2) is 108 Å². The number of thiophene rings is 1. The Hall–Kier alpha value is -4.23. The predicted molar refractivity (Wildman–Crippen MR) is 129 cm³/mol. The van der Waals surface area contributed by atoms with Gasteiger partial charge in [-0.2, -0.15) is 0 Å². The molecule has 4 aromatic rings. The molecular weight excluding hydrogens is 448 g/mol. The maximum absolute atomic E-state index is 13.4.